The fraction of sp³-hybridized carbons (Fsp3) is 0.125. The van der Waals surface area contributed by atoms with Crippen molar-refractivity contribution in [1.29, 1.82) is 0 Å². The molecule has 1 aliphatic heterocycles. The number of carbonyl (C=O) groups is 2. The second-order valence-electron chi connectivity index (χ2n) is 6.97. The zero-order valence-corrected chi connectivity index (χ0v) is 17.5. The van der Waals surface area contributed by atoms with Crippen LogP contribution < -0.4 is 14.8 Å². The lowest BCUT2D eigenvalue weighted by Crippen LogP contribution is -2.32. The number of benzene rings is 2. The Kier molecular flexibility index (Phi) is 5.85. The van der Waals surface area contributed by atoms with Crippen LogP contribution in [0.2, 0.25) is 0 Å². The summed E-state index contributed by atoms with van der Waals surface area (Å²) in [4.78, 5) is 32.0. The molecule has 0 saturated heterocycles. The molecule has 162 valence electrons. The van der Waals surface area contributed by atoms with E-state index < -0.39 is 17.6 Å². The summed E-state index contributed by atoms with van der Waals surface area (Å²) < 4.78 is 24.2. The average Bonchev–Trinajstić information content (AvgIpc) is 3.04. The van der Waals surface area contributed by atoms with E-state index >= 15 is 0 Å². The van der Waals surface area contributed by atoms with Gasteiger partial charge in [0, 0.05) is 12.3 Å². The minimum atomic E-state index is -0.523. The van der Waals surface area contributed by atoms with E-state index in [9.17, 15) is 14.0 Å². The van der Waals surface area contributed by atoms with Crippen LogP contribution in [-0.2, 0) is 16.1 Å². The molecule has 0 saturated carbocycles. The first-order valence-electron chi connectivity index (χ1n) is 9.77. The number of methoxy groups -OCH3 is 2. The third-order valence-corrected chi connectivity index (χ3v) is 5.01. The molecule has 1 aliphatic rings. The molecule has 0 aliphatic carbocycles. The Bertz CT molecular complexity index is 1190. The van der Waals surface area contributed by atoms with Crippen molar-refractivity contribution in [3.63, 3.8) is 0 Å². The maximum atomic E-state index is 13.5. The van der Waals surface area contributed by atoms with E-state index in [0.29, 0.717) is 28.4 Å². The SMILES string of the molecule is COc1ccc(OC)c(NC2=C(c3ccc(F)cc3)C(=O)N(Cc3ccccn3)C2=O)c1. The molecule has 7 nitrogen and oxygen atoms in total. The molecule has 3 aromatic rings. The van der Waals surface area contributed by atoms with Gasteiger partial charge >= 0.3 is 0 Å². The van der Waals surface area contributed by atoms with Gasteiger partial charge in [-0.3, -0.25) is 19.5 Å². The summed E-state index contributed by atoms with van der Waals surface area (Å²) in [5, 5.41) is 3.04. The van der Waals surface area contributed by atoms with Crippen molar-refractivity contribution in [3.8, 4) is 11.5 Å². The number of ether oxygens (including phenoxy) is 2. The maximum Gasteiger partial charge on any atom is 0.278 e. The maximum absolute atomic E-state index is 13.5. The molecule has 0 atom stereocenters. The van der Waals surface area contributed by atoms with E-state index in [0.717, 1.165) is 4.90 Å². The molecule has 8 heteroatoms. The number of nitrogens with one attached hydrogen (secondary N) is 1. The second-order valence-corrected chi connectivity index (χ2v) is 6.97. The van der Waals surface area contributed by atoms with Gasteiger partial charge in [0.25, 0.3) is 11.8 Å². The van der Waals surface area contributed by atoms with E-state index in [1.165, 1.54) is 38.5 Å². The monoisotopic (exact) mass is 433 g/mol. The zero-order chi connectivity index (χ0) is 22.7. The van der Waals surface area contributed by atoms with Crippen LogP contribution in [0, 0.1) is 5.82 Å². The number of aromatic nitrogens is 1. The van der Waals surface area contributed by atoms with Crippen molar-refractivity contribution in [2.45, 2.75) is 6.54 Å². The minimum Gasteiger partial charge on any atom is -0.497 e. The predicted octanol–water partition coefficient (Wildman–Crippen LogP) is 3.63. The molecule has 0 unspecified atom stereocenters. The van der Waals surface area contributed by atoms with Gasteiger partial charge in [-0.05, 0) is 42.0 Å². The standard InChI is InChI=1S/C24H20FN3O4/c1-31-18-10-11-20(32-2)19(13-18)27-22-21(15-6-8-16(25)9-7-15)23(29)28(24(22)30)14-17-5-3-4-12-26-17/h3-13,27H,14H2,1-2H3. The Morgan fingerprint density at radius 2 is 1.75 bits per heavy atom. The van der Waals surface area contributed by atoms with Crippen LogP contribution in [0.5, 0.6) is 11.5 Å². The van der Waals surface area contributed by atoms with Crippen LogP contribution in [0.3, 0.4) is 0 Å². The molecule has 4 rings (SSSR count). The van der Waals surface area contributed by atoms with Gasteiger partial charge in [-0.25, -0.2) is 4.39 Å². The van der Waals surface area contributed by atoms with Crippen molar-refractivity contribution in [2.75, 3.05) is 19.5 Å². The molecule has 2 heterocycles. The summed E-state index contributed by atoms with van der Waals surface area (Å²) in [7, 11) is 3.02. The predicted molar refractivity (Wildman–Crippen MR) is 116 cm³/mol. The first-order chi connectivity index (χ1) is 15.5. The third kappa shape index (κ3) is 4.02. The van der Waals surface area contributed by atoms with Gasteiger partial charge in [-0.1, -0.05) is 18.2 Å². The lowest BCUT2D eigenvalue weighted by atomic mass is 10.0. The summed E-state index contributed by atoms with van der Waals surface area (Å²) in [6.07, 6.45) is 1.59. The highest BCUT2D eigenvalue weighted by Gasteiger charge is 2.39. The highest BCUT2D eigenvalue weighted by atomic mass is 19.1. The molecule has 1 N–H and O–H groups in total. The summed E-state index contributed by atoms with van der Waals surface area (Å²) in [5.74, 6) is -0.471. The van der Waals surface area contributed by atoms with Gasteiger partial charge in [0.15, 0.2) is 0 Å². The number of hydrogen-bond donors (Lipinski definition) is 1. The number of hydrogen-bond acceptors (Lipinski definition) is 6. The van der Waals surface area contributed by atoms with Crippen molar-refractivity contribution < 1.29 is 23.5 Å². The first kappa shape index (κ1) is 21.0. The van der Waals surface area contributed by atoms with Gasteiger partial charge in [0.05, 0.1) is 37.7 Å². The third-order valence-electron chi connectivity index (χ3n) is 5.01. The number of nitrogens with zero attached hydrogens (tertiary/aromatic N) is 2. The molecule has 1 aromatic heterocycles. The Balaban J connectivity index is 1.78. The molecule has 0 radical (unpaired) electrons. The number of rotatable bonds is 7. The number of carbonyl (C=O) groups excluding carboxylic acids is 2. The molecule has 2 aromatic carbocycles. The number of pyridine rings is 1. The summed E-state index contributed by atoms with van der Waals surface area (Å²) >= 11 is 0. The molecular formula is C24H20FN3O4. The molecular weight excluding hydrogens is 413 g/mol. The first-order valence-corrected chi connectivity index (χ1v) is 9.77. The molecule has 2 amide bonds. The number of anilines is 1. The second kappa shape index (κ2) is 8.89. The fourth-order valence-corrected chi connectivity index (χ4v) is 3.42. The van der Waals surface area contributed by atoms with Gasteiger partial charge < -0.3 is 14.8 Å². The van der Waals surface area contributed by atoms with Gasteiger partial charge in [-0.2, -0.15) is 0 Å². The summed E-state index contributed by atoms with van der Waals surface area (Å²) in [6, 6.07) is 15.7. The lowest BCUT2D eigenvalue weighted by Gasteiger charge is -2.16. The van der Waals surface area contributed by atoms with Crippen molar-refractivity contribution >= 4 is 23.1 Å². The van der Waals surface area contributed by atoms with Gasteiger partial charge in [0.1, 0.15) is 23.0 Å². The van der Waals surface area contributed by atoms with Crippen LogP contribution in [0.4, 0.5) is 10.1 Å². The highest BCUT2D eigenvalue weighted by Crippen LogP contribution is 2.35. The Hall–Kier alpha value is -4.20. The zero-order valence-electron chi connectivity index (χ0n) is 17.5. The highest BCUT2D eigenvalue weighted by molar-refractivity contribution is 6.36. The van der Waals surface area contributed by atoms with E-state index in [-0.39, 0.29) is 17.8 Å². The van der Waals surface area contributed by atoms with Crippen molar-refractivity contribution in [1.82, 2.24) is 9.88 Å². The number of imide groups is 1. The van der Waals surface area contributed by atoms with Crippen LogP contribution in [-0.4, -0.2) is 35.9 Å². The van der Waals surface area contributed by atoms with E-state index in [1.807, 2.05) is 0 Å². The Morgan fingerprint density at radius 1 is 0.969 bits per heavy atom. The normalized spacial score (nSPS) is 13.5. The fourth-order valence-electron chi connectivity index (χ4n) is 3.42. The average molecular weight is 433 g/mol. The summed E-state index contributed by atoms with van der Waals surface area (Å²) in [6.45, 7) is 0.00360. The molecule has 0 spiro atoms. The minimum absolute atomic E-state index is 0.00360. The van der Waals surface area contributed by atoms with Gasteiger partial charge in [0.2, 0.25) is 0 Å². The van der Waals surface area contributed by atoms with E-state index in [2.05, 4.69) is 10.3 Å². The van der Waals surface area contributed by atoms with Crippen LogP contribution in [0.15, 0.2) is 72.6 Å². The van der Waals surface area contributed by atoms with Crippen molar-refractivity contribution in [3.05, 3.63) is 89.6 Å². The number of halogens is 1. The van der Waals surface area contributed by atoms with Crippen LogP contribution in [0.25, 0.3) is 5.57 Å². The number of amides is 2. The van der Waals surface area contributed by atoms with Crippen LogP contribution >= 0.6 is 0 Å². The quantitative estimate of drug-likeness (QED) is 0.573. The molecule has 0 fully saturated rings. The van der Waals surface area contributed by atoms with Crippen molar-refractivity contribution in [2.24, 2.45) is 0 Å². The smallest absolute Gasteiger partial charge is 0.278 e. The Morgan fingerprint density at radius 3 is 2.41 bits per heavy atom. The summed E-state index contributed by atoms with van der Waals surface area (Å²) in [5.41, 5.74) is 1.62. The van der Waals surface area contributed by atoms with Gasteiger partial charge in [-0.15, -0.1) is 0 Å². The Labute approximate surface area is 184 Å². The van der Waals surface area contributed by atoms with E-state index in [4.69, 9.17) is 9.47 Å². The van der Waals surface area contributed by atoms with E-state index in [1.54, 1.807) is 42.6 Å². The topological polar surface area (TPSA) is 80.8 Å². The van der Waals surface area contributed by atoms with Crippen LogP contribution in [0.1, 0.15) is 11.3 Å². The largest absolute Gasteiger partial charge is 0.497 e. The lowest BCUT2D eigenvalue weighted by molar-refractivity contribution is -0.137. The molecule has 0 bridgehead atoms. The molecule has 32 heavy (non-hydrogen) atoms.